The van der Waals surface area contributed by atoms with Gasteiger partial charge in [0.25, 0.3) is 5.91 Å². The van der Waals surface area contributed by atoms with Gasteiger partial charge < -0.3 is 10.6 Å². The fraction of sp³-hybridized carbons (Fsp3) is 0.500. The second-order valence-electron chi connectivity index (χ2n) is 4.76. The molecule has 0 spiro atoms. The van der Waals surface area contributed by atoms with Crippen molar-refractivity contribution in [2.45, 2.75) is 32.2 Å². The molecule has 0 radical (unpaired) electrons. The Hall–Kier alpha value is -1.06. The SMILES string of the molecule is C[C@H](N)c1ccc(C(=O)N2CCCCC2)cc1.Cl. The van der Waals surface area contributed by atoms with Gasteiger partial charge in [-0.15, -0.1) is 12.4 Å². The smallest absolute Gasteiger partial charge is 0.253 e. The molecular weight excluding hydrogens is 248 g/mol. The molecule has 1 saturated heterocycles. The molecule has 1 aliphatic rings. The van der Waals surface area contributed by atoms with E-state index in [0.717, 1.165) is 37.1 Å². The summed E-state index contributed by atoms with van der Waals surface area (Å²) in [6.45, 7) is 3.74. The van der Waals surface area contributed by atoms with E-state index in [0.29, 0.717) is 0 Å². The van der Waals surface area contributed by atoms with Crippen LogP contribution in [-0.2, 0) is 0 Å². The number of carbonyl (C=O) groups excluding carboxylic acids is 1. The lowest BCUT2D eigenvalue weighted by Crippen LogP contribution is -2.35. The summed E-state index contributed by atoms with van der Waals surface area (Å²) in [5, 5.41) is 0. The van der Waals surface area contributed by atoms with Crippen molar-refractivity contribution in [2.24, 2.45) is 5.73 Å². The van der Waals surface area contributed by atoms with Crippen molar-refractivity contribution < 1.29 is 4.79 Å². The highest BCUT2D eigenvalue weighted by Crippen LogP contribution is 2.15. The van der Waals surface area contributed by atoms with Crippen LogP contribution >= 0.6 is 12.4 Å². The van der Waals surface area contributed by atoms with Crippen LogP contribution in [0.4, 0.5) is 0 Å². The zero-order chi connectivity index (χ0) is 12.3. The number of nitrogens with zero attached hydrogens (tertiary/aromatic N) is 1. The molecule has 1 aliphatic heterocycles. The minimum absolute atomic E-state index is 0. The molecule has 1 atom stereocenters. The van der Waals surface area contributed by atoms with Crippen LogP contribution in [0.25, 0.3) is 0 Å². The fourth-order valence-corrected chi connectivity index (χ4v) is 2.21. The molecule has 100 valence electrons. The Balaban J connectivity index is 0.00000162. The van der Waals surface area contributed by atoms with E-state index in [2.05, 4.69) is 0 Å². The largest absolute Gasteiger partial charge is 0.339 e. The summed E-state index contributed by atoms with van der Waals surface area (Å²) in [4.78, 5) is 14.1. The number of nitrogens with two attached hydrogens (primary N) is 1. The van der Waals surface area contributed by atoms with Gasteiger partial charge in [0, 0.05) is 24.7 Å². The lowest BCUT2D eigenvalue weighted by Gasteiger charge is -2.26. The second kappa shape index (κ2) is 6.76. The Bertz CT molecular complexity index is 383. The molecule has 0 aliphatic carbocycles. The van der Waals surface area contributed by atoms with Gasteiger partial charge in [0.05, 0.1) is 0 Å². The molecule has 0 bridgehead atoms. The van der Waals surface area contributed by atoms with E-state index in [-0.39, 0.29) is 24.4 Å². The molecule has 0 aromatic heterocycles. The first kappa shape index (κ1) is 15.0. The van der Waals surface area contributed by atoms with E-state index >= 15 is 0 Å². The van der Waals surface area contributed by atoms with E-state index in [1.54, 1.807) is 0 Å². The predicted octanol–water partition coefficient (Wildman–Crippen LogP) is 2.75. The van der Waals surface area contributed by atoms with Gasteiger partial charge in [0.15, 0.2) is 0 Å². The molecule has 1 fully saturated rings. The molecule has 4 heteroatoms. The number of benzene rings is 1. The van der Waals surface area contributed by atoms with Crippen molar-refractivity contribution in [3.63, 3.8) is 0 Å². The zero-order valence-corrected chi connectivity index (χ0v) is 11.6. The summed E-state index contributed by atoms with van der Waals surface area (Å²) >= 11 is 0. The fourth-order valence-electron chi connectivity index (χ4n) is 2.21. The average Bonchev–Trinajstić information content (AvgIpc) is 2.39. The maximum Gasteiger partial charge on any atom is 0.253 e. The Morgan fingerprint density at radius 1 is 1.17 bits per heavy atom. The van der Waals surface area contributed by atoms with Crippen LogP contribution in [0, 0.1) is 0 Å². The van der Waals surface area contributed by atoms with Crippen molar-refractivity contribution in [3.05, 3.63) is 35.4 Å². The Morgan fingerprint density at radius 2 is 1.72 bits per heavy atom. The van der Waals surface area contributed by atoms with E-state index in [1.165, 1.54) is 6.42 Å². The minimum atomic E-state index is 0. The van der Waals surface area contributed by atoms with Gasteiger partial charge in [0.2, 0.25) is 0 Å². The third kappa shape index (κ3) is 3.47. The monoisotopic (exact) mass is 268 g/mol. The van der Waals surface area contributed by atoms with Crippen molar-refractivity contribution in [1.29, 1.82) is 0 Å². The maximum absolute atomic E-state index is 12.2. The topological polar surface area (TPSA) is 46.3 Å². The van der Waals surface area contributed by atoms with E-state index in [4.69, 9.17) is 5.73 Å². The van der Waals surface area contributed by atoms with E-state index in [1.807, 2.05) is 36.1 Å². The van der Waals surface area contributed by atoms with Crippen molar-refractivity contribution in [2.75, 3.05) is 13.1 Å². The quantitative estimate of drug-likeness (QED) is 0.897. The van der Waals surface area contributed by atoms with Gasteiger partial charge in [-0.3, -0.25) is 4.79 Å². The van der Waals surface area contributed by atoms with Crippen LogP contribution in [0.3, 0.4) is 0 Å². The predicted molar refractivity (Wildman–Crippen MR) is 76.0 cm³/mol. The number of amides is 1. The van der Waals surface area contributed by atoms with Crippen LogP contribution in [0.2, 0.25) is 0 Å². The molecule has 2 N–H and O–H groups in total. The maximum atomic E-state index is 12.2. The summed E-state index contributed by atoms with van der Waals surface area (Å²) in [6, 6.07) is 7.68. The highest BCUT2D eigenvalue weighted by atomic mass is 35.5. The normalized spacial score (nSPS) is 16.9. The Kier molecular flexibility index (Phi) is 5.63. The highest BCUT2D eigenvalue weighted by Gasteiger charge is 2.17. The number of likely N-dealkylation sites (tertiary alicyclic amines) is 1. The van der Waals surface area contributed by atoms with Gasteiger partial charge in [-0.1, -0.05) is 12.1 Å². The number of halogens is 1. The highest BCUT2D eigenvalue weighted by molar-refractivity contribution is 5.94. The molecule has 18 heavy (non-hydrogen) atoms. The number of rotatable bonds is 2. The van der Waals surface area contributed by atoms with Gasteiger partial charge >= 0.3 is 0 Å². The number of hydrogen-bond donors (Lipinski definition) is 1. The number of carbonyl (C=O) groups is 1. The number of hydrogen-bond acceptors (Lipinski definition) is 2. The number of piperidine rings is 1. The van der Waals surface area contributed by atoms with Crippen molar-refractivity contribution in [1.82, 2.24) is 4.90 Å². The first-order valence-corrected chi connectivity index (χ1v) is 6.33. The molecule has 1 heterocycles. The van der Waals surface area contributed by atoms with Crippen LogP contribution in [0.1, 0.15) is 48.1 Å². The molecule has 2 rings (SSSR count). The summed E-state index contributed by atoms with van der Waals surface area (Å²) < 4.78 is 0. The van der Waals surface area contributed by atoms with Crippen LogP contribution < -0.4 is 5.73 Å². The van der Waals surface area contributed by atoms with Crippen LogP contribution in [0.15, 0.2) is 24.3 Å². The zero-order valence-electron chi connectivity index (χ0n) is 10.8. The van der Waals surface area contributed by atoms with Gasteiger partial charge in [-0.2, -0.15) is 0 Å². The summed E-state index contributed by atoms with van der Waals surface area (Å²) in [6.07, 6.45) is 3.50. The molecule has 3 nitrogen and oxygen atoms in total. The average molecular weight is 269 g/mol. The Morgan fingerprint density at radius 3 is 2.22 bits per heavy atom. The summed E-state index contributed by atoms with van der Waals surface area (Å²) in [5.74, 6) is 0.154. The van der Waals surface area contributed by atoms with Gasteiger partial charge in [-0.25, -0.2) is 0 Å². The second-order valence-corrected chi connectivity index (χ2v) is 4.76. The van der Waals surface area contributed by atoms with Crippen molar-refractivity contribution in [3.8, 4) is 0 Å². The third-order valence-electron chi connectivity index (χ3n) is 3.33. The molecule has 0 unspecified atom stereocenters. The molecule has 1 amide bonds. The molecule has 1 aromatic rings. The van der Waals surface area contributed by atoms with Gasteiger partial charge in [-0.05, 0) is 43.9 Å². The van der Waals surface area contributed by atoms with Crippen molar-refractivity contribution >= 4 is 18.3 Å². The Labute approximate surface area is 115 Å². The first-order chi connectivity index (χ1) is 8.18. The molecular formula is C14H21ClN2O. The van der Waals surface area contributed by atoms with Crippen LogP contribution in [-0.4, -0.2) is 23.9 Å². The molecule has 0 saturated carbocycles. The first-order valence-electron chi connectivity index (χ1n) is 6.33. The third-order valence-corrected chi connectivity index (χ3v) is 3.33. The summed E-state index contributed by atoms with van der Waals surface area (Å²) in [7, 11) is 0. The van der Waals surface area contributed by atoms with Gasteiger partial charge in [0.1, 0.15) is 0 Å². The lowest BCUT2D eigenvalue weighted by atomic mass is 10.0. The van der Waals surface area contributed by atoms with E-state index < -0.39 is 0 Å². The minimum Gasteiger partial charge on any atom is -0.339 e. The summed E-state index contributed by atoms with van der Waals surface area (Å²) in [5.41, 5.74) is 7.63. The molecule has 1 aromatic carbocycles. The standard InChI is InChI=1S/C14H20N2O.ClH/c1-11(15)12-5-7-13(8-6-12)14(17)16-9-3-2-4-10-16;/h5-8,11H,2-4,9-10,15H2,1H3;1H/t11-;/m0./s1. The van der Waals surface area contributed by atoms with Crippen LogP contribution in [0.5, 0.6) is 0 Å². The lowest BCUT2D eigenvalue weighted by molar-refractivity contribution is 0.0724. The van der Waals surface area contributed by atoms with E-state index in [9.17, 15) is 4.79 Å².